The summed E-state index contributed by atoms with van der Waals surface area (Å²) in [7, 11) is 0.331. The number of nitro groups is 1. The summed E-state index contributed by atoms with van der Waals surface area (Å²) in [6.07, 6.45) is -0.0674. The number of carbonyl (C=O) groups is 1. The number of alkyl halides is 2. The van der Waals surface area contributed by atoms with Gasteiger partial charge in [0.15, 0.2) is 11.2 Å². The Hall–Kier alpha value is -1.81. The van der Waals surface area contributed by atoms with Gasteiger partial charge in [-0.05, 0) is 6.07 Å². The molecule has 0 aliphatic carbocycles. The van der Waals surface area contributed by atoms with Gasteiger partial charge in [-0.2, -0.15) is 8.78 Å². The van der Waals surface area contributed by atoms with Crippen LogP contribution in [-0.4, -0.2) is 26.2 Å². The second-order valence-electron chi connectivity index (χ2n) is 3.05. The molecule has 0 bridgehead atoms. The van der Waals surface area contributed by atoms with Crippen molar-refractivity contribution in [3.05, 3.63) is 27.8 Å². The Bertz CT molecular complexity index is 632. The predicted octanol–water partition coefficient (Wildman–Crippen LogP) is 1.94. The van der Waals surface area contributed by atoms with E-state index in [1.165, 1.54) is 0 Å². The van der Waals surface area contributed by atoms with Crippen molar-refractivity contribution in [2.45, 2.75) is 11.5 Å². The van der Waals surface area contributed by atoms with Crippen molar-refractivity contribution < 1.29 is 31.7 Å². The van der Waals surface area contributed by atoms with E-state index in [4.69, 9.17) is 10.7 Å². The molecule has 0 saturated carbocycles. The van der Waals surface area contributed by atoms with E-state index >= 15 is 0 Å². The number of nitro benzene ring substituents is 1. The number of hydrogen-bond donors (Lipinski definition) is 0. The van der Waals surface area contributed by atoms with Gasteiger partial charge in [0.1, 0.15) is 5.75 Å². The van der Waals surface area contributed by atoms with E-state index in [9.17, 15) is 32.1 Å². The minimum atomic E-state index is -4.62. The summed E-state index contributed by atoms with van der Waals surface area (Å²) in [5, 5.41) is 10.7. The SMILES string of the molecule is O=Cc1cc(OC(F)F)cc(S(=O)(=O)Cl)c1[N+](=O)[O-]. The largest absolute Gasteiger partial charge is 0.435 e. The molecule has 0 amide bonds. The summed E-state index contributed by atoms with van der Waals surface area (Å²) >= 11 is 0. The minimum Gasteiger partial charge on any atom is -0.435 e. The fourth-order valence-corrected chi connectivity index (χ4v) is 2.28. The predicted molar refractivity (Wildman–Crippen MR) is 58.2 cm³/mol. The molecule has 0 unspecified atom stereocenters. The van der Waals surface area contributed by atoms with Crippen LogP contribution < -0.4 is 4.74 Å². The molecule has 0 spiro atoms. The molecule has 0 N–H and O–H groups in total. The lowest BCUT2D eigenvalue weighted by molar-refractivity contribution is -0.388. The van der Waals surface area contributed by atoms with Crippen molar-refractivity contribution in [3.8, 4) is 5.75 Å². The van der Waals surface area contributed by atoms with E-state index < -0.39 is 42.5 Å². The second kappa shape index (κ2) is 5.45. The standard InChI is InChI=1S/C8H4ClF2NO6S/c9-19(16,17)6-2-5(18-8(10)11)1-4(3-13)7(6)12(14)15/h1-3,8H. The van der Waals surface area contributed by atoms with Gasteiger partial charge in [0.05, 0.1) is 10.5 Å². The highest BCUT2D eigenvalue weighted by Crippen LogP contribution is 2.34. The van der Waals surface area contributed by atoms with Crippen LogP contribution in [0, 0.1) is 10.1 Å². The average Bonchev–Trinajstić information content (AvgIpc) is 2.25. The number of benzene rings is 1. The number of hydrogen-bond acceptors (Lipinski definition) is 6. The molecule has 0 atom stereocenters. The maximum absolute atomic E-state index is 12.0. The van der Waals surface area contributed by atoms with Gasteiger partial charge in [0, 0.05) is 16.7 Å². The summed E-state index contributed by atoms with van der Waals surface area (Å²) in [6.45, 7) is -3.30. The van der Waals surface area contributed by atoms with E-state index in [0.29, 0.717) is 12.1 Å². The first kappa shape index (κ1) is 15.2. The van der Waals surface area contributed by atoms with E-state index in [1.54, 1.807) is 0 Å². The van der Waals surface area contributed by atoms with Crippen LogP contribution in [0.3, 0.4) is 0 Å². The Morgan fingerprint density at radius 2 is 2.00 bits per heavy atom. The first-order valence-corrected chi connectivity index (χ1v) is 6.65. The molecule has 104 valence electrons. The molecule has 7 nitrogen and oxygen atoms in total. The smallest absolute Gasteiger partial charge is 0.387 e. The van der Waals surface area contributed by atoms with Gasteiger partial charge in [-0.1, -0.05) is 0 Å². The van der Waals surface area contributed by atoms with Gasteiger partial charge in [0.25, 0.3) is 14.7 Å². The van der Waals surface area contributed by atoms with E-state index in [1.807, 2.05) is 0 Å². The molecule has 0 radical (unpaired) electrons. The Kier molecular flexibility index (Phi) is 4.37. The first-order valence-electron chi connectivity index (χ1n) is 4.34. The first-order chi connectivity index (χ1) is 8.66. The van der Waals surface area contributed by atoms with Crippen LogP contribution in [0.15, 0.2) is 17.0 Å². The number of ether oxygens (including phenoxy) is 1. The zero-order valence-electron chi connectivity index (χ0n) is 8.75. The third-order valence-corrected chi connectivity index (χ3v) is 3.21. The van der Waals surface area contributed by atoms with Crippen LogP contribution in [0.4, 0.5) is 14.5 Å². The van der Waals surface area contributed by atoms with Crippen molar-refractivity contribution in [3.63, 3.8) is 0 Å². The molecule has 0 saturated heterocycles. The molecular weight excluding hydrogens is 312 g/mol. The van der Waals surface area contributed by atoms with Gasteiger partial charge in [0.2, 0.25) is 0 Å². The summed E-state index contributed by atoms with van der Waals surface area (Å²) in [5.74, 6) is -0.734. The molecule has 11 heteroatoms. The summed E-state index contributed by atoms with van der Waals surface area (Å²) in [5.41, 5.74) is -1.85. The quantitative estimate of drug-likeness (QED) is 0.356. The fourth-order valence-electron chi connectivity index (χ4n) is 1.25. The molecule has 1 aromatic carbocycles. The Balaban J connectivity index is 3.64. The Morgan fingerprint density at radius 3 is 2.37 bits per heavy atom. The van der Waals surface area contributed by atoms with Gasteiger partial charge in [-0.15, -0.1) is 0 Å². The number of carbonyl (C=O) groups excluding carboxylic acids is 1. The highest BCUT2D eigenvalue weighted by Gasteiger charge is 2.29. The van der Waals surface area contributed by atoms with Crippen LogP contribution in [0.2, 0.25) is 0 Å². The topological polar surface area (TPSA) is 104 Å². The van der Waals surface area contributed by atoms with Crippen molar-refractivity contribution in [1.29, 1.82) is 0 Å². The molecule has 1 aromatic rings. The zero-order chi connectivity index (χ0) is 14.8. The lowest BCUT2D eigenvalue weighted by Gasteiger charge is -2.07. The van der Waals surface area contributed by atoms with E-state index in [-0.39, 0.29) is 6.29 Å². The molecule has 0 fully saturated rings. The summed E-state index contributed by atoms with van der Waals surface area (Å²) < 4.78 is 50.3. The van der Waals surface area contributed by atoms with Crippen LogP contribution in [-0.2, 0) is 9.05 Å². The lowest BCUT2D eigenvalue weighted by atomic mass is 10.2. The highest BCUT2D eigenvalue weighted by molar-refractivity contribution is 8.13. The second-order valence-corrected chi connectivity index (χ2v) is 5.58. The minimum absolute atomic E-state index is 0.0674. The van der Waals surface area contributed by atoms with Crippen molar-refractivity contribution >= 4 is 31.7 Å². The lowest BCUT2D eigenvalue weighted by Crippen LogP contribution is -2.07. The Morgan fingerprint density at radius 1 is 1.42 bits per heavy atom. The summed E-state index contributed by atoms with van der Waals surface area (Å²) in [4.78, 5) is 19.1. The maximum Gasteiger partial charge on any atom is 0.387 e. The fraction of sp³-hybridized carbons (Fsp3) is 0.125. The third-order valence-electron chi connectivity index (χ3n) is 1.88. The van der Waals surface area contributed by atoms with Gasteiger partial charge in [-0.3, -0.25) is 14.9 Å². The highest BCUT2D eigenvalue weighted by atomic mass is 35.7. The van der Waals surface area contributed by atoms with Crippen LogP contribution in [0.1, 0.15) is 10.4 Å². The molecule has 19 heavy (non-hydrogen) atoms. The molecule has 0 heterocycles. The van der Waals surface area contributed by atoms with Crippen LogP contribution in [0.5, 0.6) is 5.75 Å². The van der Waals surface area contributed by atoms with Crippen molar-refractivity contribution in [2.75, 3.05) is 0 Å². The molecule has 0 aliphatic rings. The maximum atomic E-state index is 12.0. The molecular formula is C8H4ClF2NO6S. The van der Waals surface area contributed by atoms with Crippen molar-refractivity contribution in [1.82, 2.24) is 0 Å². The number of aldehydes is 1. The molecule has 1 rings (SSSR count). The molecule has 0 aliphatic heterocycles. The number of halogens is 3. The van der Waals surface area contributed by atoms with Crippen molar-refractivity contribution in [2.24, 2.45) is 0 Å². The Labute approximate surface area is 109 Å². The zero-order valence-corrected chi connectivity index (χ0v) is 10.3. The van der Waals surface area contributed by atoms with Gasteiger partial charge < -0.3 is 4.74 Å². The summed E-state index contributed by atoms with van der Waals surface area (Å²) in [6, 6.07) is 1.06. The third kappa shape index (κ3) is 3.58. The van der Waals surface area contributed by atoms with E-state index in [0.717, 1.165) is 0 Å². The number of rotatable bonds is 5. The van der Waals surface area contributed by atoms with Gasteiger partial charge in [-0.25, -0.2) is 8.42 Å². The number of nitrogens with zero attached hydrogens (tertiary/aromatic N) is 1. The molecule has 0 aromatic heterocycles. The monoisotopic (exact) mass is 315 g/mol. The van der Waals surface area contributed by atoms with Crippen LogP contribution >= 0.6 is 10.7 Å². The average molecular weight is 316 g/mol. The van der Waals surface area contributed by atoms with E-state index in [2.05, 4.69) is 4.74 Å². The normalized spacial score (nSPS) is 11.4. The van der Waals surface area contributed by atoms with Crippen LogP contribution in [0.25, 0.3) is 0 Å². The van der Waals surface area contributed by atoms with Gasteiger partial charge >= 0.3 is 6.61 Å².